The van der Waals surface area contributed by atoms with E-state index in [2.05, 4.69) is 275 Å². The molecule has 0 fully saturated rings. The van der Waals surface area contributed by atoms with Crippen LogP contribution in [0.25, 0.3) is 22.3 Å². The van der Waals surface area contributed by atoms with Crippen molar-refractivity contribution in [3.63, 3.8) is 0 Å². The zero-order valence-corrected chi connectivity index (χ0v) is 46.4. The van der Waals surface area contributed by atoms with Crippen LogP contribution in [0.2, 0.25) is 0 Å². The van der Waals surface area contributed by atoms with Crippen molar-refractivity contribution in [3.8, 4) is 22.3 Å². The molecule has 6 heteroatoms. The van der Waals surface area contributed by atoms with Gasteiger partial charge in [0.05, 0.1) is 11.4 Å². The summed E-state index contributed by atoms with van der Waals surface area (Å²) in [6, 6.07) is 60.0. The van der Waals surface area contributed by atoms with Crippen molar-refractivity contribution in [1.29, 1.82) is 0 Å². The van der Waals surface area contributed by atoms with Gasteiger partial charge in [-0.1, -0.05) is 189 Å². The first-order valence-electron chi connectivity index (χ1n) is 27.2. The lowest BCUT2D eigenvalue weighted by molar-refractivity contribution is 0.589. The van der Waals surface area contributed by atoms with Gasteiger partial charge in [-0.25, -0.2) is 0 Å². The van der Waals surface area contributed by atoms with E-state index in [9.17, 15) is 0 Å². The topological polar surface area (TPSA) is 13.0 Å². The van der Waals surface area contributed by atoms with Gasteiger partial charge in [-0.05, 0) is 155 Å². The summed E-state index contributed by atoms with van der Waals surface area (Å²) in [6.45, 7) is 35.0. The van der Waals surface area contributed by atoms with E-state index in [4.69, 9.17) is 0 Å². The van der Waals surface area contributed by atoms with Gasteiger partial charge in [0.25, 0.3) is 6.71 Å². The highest BCUT2D eigenvalue weighted by atomic mass is 15.3. The van der Waals surface area contributed by atoms with Gasteiger partial charge < -0.3 is 19.4 Å². The Kier molecular flexibility index (Phi) is 9.71. The summed E-state index contributed by atoms with van der Waals surface area (Å²) in [6.07, 6.45) is 0. The predicted molar refractivity (Wildman–Crippen MR) is 321 cm³/mol. The van der Waals surface area contributed by atoms with E-state index in [1.54, 1.807) is 0 Å². The molecule has 8 aromatic rings. The molecule has 0 amide bonds. The molecule has 4 nitrogen and oxygen atoms in total. The van der Waals surface area contributed by atoms with Gasteiger partial charge >= 0.3 is 6.98 Å². The second-order valence-corrected chi connectivity index (χ2v) is 27.2. The fraction of sp³-hybridized carbons (Fsp3) is 0.294. The Morgan fingerprint density at radius 1 is 0.284 bits per heavy atom. The number of hydrogen-bond donors (Lipinski definition) is 0. The molecule has 0 unspecified atom stereocenters. The molecule has 0 bridgehead atoms. The van der Waals surface area contributed by atoms with Crippen LogP contribution in [0, 0.1) is 0 Å². The van der Waals surface area contributed by atoms with Crippen molar-refractivity contribution in [1.82, 2.24) is 0 Å². The van der Waals surface area contributed by atoms with Crippen LogP contribution in [-0.4, -0.2) is 13.7 Å². The number of fused-ring (bicyclic) bond motifs is 13. The Hall–Kier alpha value is -6.91. The summed E-state index contributed by atoms with van der Waals surface area (Å²) in [4.78, 5) is 10.6. The molecule has 5 heterocycles. The third-order valence-electron chi connectivity index (χ3n) is 17.1. The SMILES string of the molecule is CC(C)(C)c1ccc(N2c3ccc(C(C)(C)C)cc3B3c4cc5c(cc4N(c4ccc(C(C)(C)C)cc4)c4cc(C(C)(C)C)cc2c43)N2B3c4c(cc(C(C)(C)C)cc4-c4ccccc42)-c2ccccc2N35)cc1. The highest BCUT2D eigenvalue weighted by molar-refractivity contribution is 7.00. The lowest BCUT2D eigenvalue weighted by Crippen LogP contribution is -2.61. The van der Waals surface area contributed by atoms with Crippen LogP contribution < -0.4 is 41.3 Å². The van der Waals surface area contributed by atoms with Crippen LogP contribution in [0.5, 0.6) is 0 Å². The van der Waals surface area contributed by atoms with E-state index in [0.717, 1.165) is 0 Å². The van der Waals surface area contributed by atoms with Gasteiger partial charge in [0.2, 0.25) is 0 Å². The minimum Gasteiger partial charge on any atom is -0.359 e. The van der Waals surface area contributed by atoms with Crippen LogP contribution in [0.4, 0.5) is 56.9 Å². The summed E-state index contributed by atoms with van der Waals surface area (Å²) >= 11 is 0. The van der Waals surface area contributed by atoms with Crippen molar-refractivity contribution in [2.45, 2.75) is 131 Å². The molecule has 5 aliphatic rings. The maximum absolute atomic E-state index is 2.70. The average molecular weight is 965 g/mol. The lowest BCUT2D eigenvalue weighted by Gasteiger charge is -2.46. The van der Waals surface area contributed by atoms with Crippen LogP contribution in [0.1, 0.15) is 132 Å². The van der Waals surface area contributed by atoms with E-state index in [1.165, 1.54) is 129 Å². The second-order valence-electron chi connectivity index (χ2n) is 27.2. The van der Waals surface area contributed by atoms with Crippen molar-refractivity contribution < 1.29 is 0 Å². The maximum Gasteiger partial charge on any atom is 0.422 e. The van der Waals surface area contributed by atoms with Crippen LogP contribution in [-0.2, 0) is 27.1 Å². The van der Waals surface area contributed by atoms with E-state index >= 15 is 0 Å². The zero-order chi connectivity index (χ0) is 51.9. The second kappa shape index (κ2) is 15.3. The monoisotopic (exact) mass is 965 g/mol. The van der Waals surface area contributed by atoms with Gasteiger partial charge in [-0.2, -0.15) is 0 Å². The molecule has 0 saturated heterocycles. The van der Waals surface area contributed by atoms with Crippen LogP contribution >= 0.6 is 0 Å². The number of para-hydroxylation sites is 2. The van der Waals surface area contributed by atoms with Gasteiger partial charge in [0.1, 0.15) is 0 Å². The Morgan fingerprint density at radius 2 is 0.689 bits per heavy atom. The third-order valence-corrected chi connectivity index (χ3v) is 17.1. The summed E-state index contributed by atoms with van der Waals surface area (Å²) in [5, 5.41) is 0. The number of hydrogen-bond acceptors (Lipinski definition) is 4. The molecular weight excluding hydrogens is 894 g/mol. The van der Waals surface area contributed by atoms with E-state index < -0.39 is 0 Å². The molecule has 8 aromatic carbocycles. The zero-order valence-electron chi connectivity index (χ0n) is 46.4. The average Bonchev–Trinajstić information content (AvgIpc) is 3.68. The number of benzene rings is 8. The largest absolute Gasteiger partial charge is 0.422 e. The molecule has 0 atom stereocenters. The highest BCUT2D eigenvalue weighted by Crippen LogP contribution is 2.58. The Labute approximate surface area is 442 Å². The Bertz CT molecular complexity index is 3650. The Morgan fingerprint density at radius 3 is 1.16 bits per heavy atom. The van der Waals surface area contributed by atoms with Crippen molar-refractivity contribution in [3.05, 3.63) is 179 Å². The predicted octanol–water partition coefficient (Wildman–Crippen LogP) is 15.9. The summed E-state index contributed by atoms with van der Waals surface area (Å²) < 4.78 is 0. The van der Waals surface area contributed by atoms with Gasteiger partial charge in [-0.3, -0.25) is 0 Å². The quantitative estimate of drug-likeness (QED) is 0.160. The van der Waals surface area contributed by atoms with Crippen molar-refractivity contribution in [2.75, 3.05) is 19.4 Å². The molecular formula is C68H70B2N4. The number of rotatable bonds is 2. The van der Waals surface area contributed by atoms with Crippen molar-refractivity contribution >= 4 is 92.4 Å². The first-order valence-corrected chi connectivity index (χ1v) is 27.2. The normalized spacial score (nSPS) is 15.1. The minimum atomic E-state index is -0.134. The van der Waals surface area contributed by atoms with Gasteiger partial charge in [0, 0.05) is 56.6 Å². The third kappa shape index (κ3) is 6.81. The molecule has 74 heavy (non-hydrogen) atoms. The first kappa shape index (κ1) is 46.8. The van der Waals surface area contributed by atoms with Gasteiger partial charge in [-0.15, -0.1) is 0 Å². The first-order chi connectivity index (χ1) is 34.9. The van der Waals surface area contributed by atoms with Crippen molar-refractivity contribution in [2.24, 2.45) is 0 Å². The Balaban J connectivity index is 1.15. The van der Waals surface area contributed by atoms with E-state index in [-0.39, 0.29) is 40.8 Å². The lowest BCUT2D eigenvalue weighted by atomic mass is 9.33. The molecule has 0 aromatic heterocycles. The summed E-state index contributed by atoms with van der Waals surface area (Å²) in [7, 11) is 0. The standard InChI is InChI=1S/C68H70B2N4/c1-64(2,3)41-24-29-46(30-25-41)71-56-33-28-43(66(7,8)9)36-52(56)69-53-39-58-59(40-57(53)72(47-31-26-42(27-32-47)65(4,5)6)61-38-45(68(13,14)15)37-60(71)63(61)69)74-55-23-19-17-21-49(55)51-35-44(67(10,11)12)34-50-48-20-16-18-22-54(48)73(58)70(74)62(50)51/h16-40H,1-15H3. The summed E-state index contributed by atoms with van der Waals surface area (Å²) in [5.41, 5.74) is 29.6. The molecule has 368 valence electrons. The van der Waals surface area contributed by atoms with E-state index in [1.807, 2.05) is 0 Å². The van der Waals surface area contributed by atoms with Gasteiger partial charge in [0.15, 0.2) is 0 Å². The maximum atomic E-state index is 2.70. The fourth-order valence-electron chi connectivity index (χ4n) is 12.9. The molecule has 0 spiro atoms. The summed E-state index contributed by atoms with van der Waals surface area (Å²) in [5.74, 6) is 0. The molecule has 5 aliphatic heterocycles. The molecule has 0 radical (unpaired) electrons. The molecule has 13 rings (SSSR count). The van der Waals surface area contributed by atoms with E-state index in [0.29, 0.717) is 0 Å². The molecule has 0 saturated carbocycles. The molecule has 0 aliphatic carbocycles. The number of anilines is 10. The number of nitrogens with zero attached hydrogens (tertiary/aromatic N) is 4. The van der Waals surface area contributed by atoms with Crippen LogP contribution in [0.15, 0.2) is 152 Å². The molecule has 0 N–H and O–H groups in total. The minimum absolute atomic E-state index is 0.0125. The fourth-order valence-corrected chi connectivity index (χ4v) is 12.9. The smallest absolute Gasteiger partial charge is 0.359 e. The van der Waals surface area contributed by atoms with Crippen LogP contribution in [0.3, 0.4) is 0 Å². The highest BCUT2D eigenvalue weighted by Gasteiger charge is 2.54.